The van der Waals surface area contributed by atoms with E-state index in [9.17, 15) is 4.79 Å². The van der Waals surface area contributed by atoms with Crippen LogP contribution < -0.4 is 15.8 Å². The molecule has 3 aromatic rings. The van der Waals surface area contributed by atoms with Gasteiger partial charge < -0.3 is 10.2 Å². The maximum absolute atomic E-state index is 12.3. The van der Waals surface area contributed by atoms with Gasteiger partial charge in [-0.25, -0.2) is 4.68 Å². The summed E-state index contributed by atoms with van der Waals surface area (Å²) in [5, 5.41) is 8.06. The molecule has 138 valence electrons. The molecule has 3 rings (SSSR count). The Labute approximate surface area is 153 Å². The van der Waals surface area contributed by atoms with Gasteiger partial charge in [0.1, 0.15) is 5.39 Å². The number of aromatic nitrogens is 4. The van der Waals surface area contributed by atoms with Crippen molar-refractivity contribution in [3.63, 3.8) is 0 Å². The first kappa shape index (κ1) is 18.0. The molecule has 0 saturated carbocycles. The molecule has 0 aliphatic carbocycles. The number of aryl methyl sites for hydroxylation is 1. The molecule has 0 fully saturated rings. The summed E-state index contributed by atoms with van der Waals surface area (Å²) in [4.78, 5) is 21.8. The zero-order chi connectivity index (χ0) is 19.1. The van der Waals surface area contributed by atoms with Crippen LogP contribution in [0.5, 0.6) is 0 Å². The number of nitrogens with zero attached hydrogens (tertiary/aromatic N) is 4. The summed E-state index contributed by atoms with van der Waals surface area (Å²) < 4.78 is 1.78. The second kappa shape index (κ2) is 6.48. The molecule has 0 saturated heterocycles. The smallest absolute Gasteiger partial charge is 0.263 e. The van der Waals surface area contributed by atoms with Crippen LogP contribution in [0.15, 0.2) is 29.2 Å². The summed E-state index contributed by atoms with van der Waals surface area (Å²) in [5.74, 6) is 0.449. The summed E-state index contributed by atoms with van der Waals surface area (Å²) in [6.45, 7) is 8.76. The van der Waals surface area contributed by atoms with Gasteiger partial charge >= 0.3 is 0 Å². The summed E-state index contributed by atoms with van der Waals surface area (Å²) >= 11 is 0. The highest BCUT2D eigenvalue weighted by molar-refractivity contribution is 5.74. The lowest BCUT2D eigenvalue weighted by atomic mass is 10.1. The van der Waals surface area contributed by atoms with Crippen molar-refractivity contribution >= 4 is 22.7 Å². The molecule has 2 aromatic heterocycles. The molecule has 7 heteroatoms. The van der Waals surface area contributed by atoms with Crippen LogP contribution in [0.25, 0.3) is 11.0 Å². The normalized spacial score (nSPS) is 11.8. The first-order valence-electron chi connectivity index (χ1n) is 8.66. The molecule has 1 aromatic carbocycles. The molecule has 0 atom stereocenters. The van der Waals surface area contributed by atoms with E-state index in [1.165, 1.54) is 5.56 Å². The number of anilines is 2. The van der Waals surface area contributed by atoms with Crippen molar-refractivity contribution < 1.29 is 0 Å². The summed E-state index contributed by atoms with van der Waals surface area (Å²) in [5.41, 5.74) is 3.65. The van der Waals surface area contributed by atoms with Crippen LogP contribution in [0, 0.1) is 6.92 Å². The number of fused-ring (bicyclic) bond motifs is 1. The lowest BCUT2D eigenvalue weighted by molar-refractivity contribution is 0.366. The van der Waals surface area contributed by atoms with Gasteiger partial charge in [0.25, 0.3) is 5.56 Å². The van der Waals surface area contributed by atoms with Gasteiger partial charge in [-0.2, -0.15) is 10.1 Å². The third-order valence-corrected chi connectivity index (χ3v) is 4.36. The van der Waals surface area contributed by atoms with Crippen LogP contribution in [0.4, 0.5) is 11.6 Å². The molecule has 0 radical (unpaired) electrons. The monoisotopic (exact) mass is 354 g/mol. The number of hydrogen-bond acceptors (Lipinski definition) is 5. The molecule has 0 spiro atoms. The highest BCUT2D eigenvalue weighted by Gasteiger charge is 2.19. The minimum Gasteiger partial charge on any atom is -0.378 e. The van der Waals surface area contributed by atoms with E-state index in [0.29, 0.717) is 23.5 Å². The third-order valence-electron chi connectivity index (χ3n) is 4.36. The molecule has 26 heavy (non-hydrogen) atoms. The second-order valence-corrected chi connectivity index (χ2v) is 7.74. The number of H-pyrrole nitrogens is 1. The molecule has 0 amide bonds. The van der Waals surface area contributed by atoms with Crippen molar-refractivity contribution in [2.24, 2.45) is 0 Å². The maximum atomic E-state index is 12.3. The number of rotatable bonds is 4. The van der Waals surface area contributed by atoms with Crippen molar-refractivity contribution in [1.29, 1.82) is 0 Å². The van der Waals surface area contributed by atoms with Gasteiger partial charge in [-0.3, -0.25) is 9.78 Å². The summed E-state index contributed by atoms with van der Waals surface area (Å²) in [6, 6.07) is 6.32. The lowest BCUT2D eigenvalue weighted by Crippen LogP contribution is -2.24. The predicted molar refractivity (Wildman–Crippen MR) is 106 cm³/mol. The average molecular weight is 354 g/mol. The van der Waals surface area contributed by atoms with Crippen LogP contribution in [-0.4, -0.2) is 33.8 Å². The highest BCUT2D eigenvalue weighted by Crippen LogP contribution is 2.20. The molecular weight excluding hydrogens is 328 g/mol. The average Bonchev–Trinajstić information content (AvgIpc) is 2.98. The summed E-state index contributed by atoms with van der Waals surface area (Å²) in [6.07, 6.45) is 1.57. The Morgan fingerprint density at radius 3 is 2.62 bits per heavy atom. The van der Waals surface area contributed by atoms with Crippen LogP contribution in [0.1, 0.15) is 31.9 Å². The third kappa shape index (κ3) is 3.42. The van der Waals surface area contributed by atoms with Gasteiger partial charge in [0.2, 0.25) is 5.95 Å². The van der Waals surface area contributed by atoms with Gasteiger partial charge in [-0.15, -0.1) is 0 Å². The van der Waals surface area contributed by atoms with E-state index in [0.717, 1.165) is 11.3 Å². The topological polar surface area (TPSA) is 78.8 Å². The van der Waals surface area contributed by atoms with Crippen LogP contribution in [0.3, 0.4) is 0 Å². The molecule has 0 bridgehead atoms. The Morgan fingerprint density at radius 2 is 2.00 bits per heavy atom. The van der Waals surface area contributed by atoms with E-state index in [1.807, 2.05) is 34.9 Å². The minimum atomic E-state index is -0.252. The van der Waals surface area contributed by atoms with E-state index >= 15 is 0 Å². The first-order chi connectivity index (χ1) is 12.2. The fraction of sp³-hybridized carbons (Fsp3) is 0.421. The standard InChI is InChI=1S/C19H26N6O/c1-12-9-14(24(5)6)8-7-13(12)10-20-18-22-16-15(17(26)23-18)11-21-25(16)19(2,3)4/h7-9,11H,10H2,1-6H3,(H2,20,22,23,26). The molecule has 0 aliphatic rings. The lowest BCUT2D eigenvalue weighted by Gasteiger charge is -2.20. The molecule has 0 unspecified atom stereocenters. The van der Waals surface area contributed by atoms with Crippen molar-refractivity contribution in [3.05, 3.63) is 45.9 Å². The number of hydrogen-bond donors (Lipinski definition) is 2. The van der Waals surface area contributed by atoms with E-state index in [4.69, 9.17) is 0 Å². The van der Waals surface area contributed by atoms with Crippen molar-refractivity contribution in [2.75, 3.05) is 24.3 Å². The second-order valence-electron chi connectivity index (χ2n) is 7.74. The molecular formula is C19H26N6O. The Bertz CT molecular complexity index is 993. The molecule has 0 aliphatic heterocycles. The molecule has 2 N–H and O–H groups in total. The first-order valence-corrected chi connectivity index (χ1v) is 8.66. The van der Waals surface area contributed by atoms with Crippen molar-refractivity contribution in [2.45, 2.75) is 39.8 Å². The van der Waals surface area contributed by atoms with Gasteiger partial charge in [-0.1, -0.05) is 6.07 Å². The molecule has 7 nitrogen and oxygen atoms in total. The Morgan fingerprint density at radius 1 is 1.27 bits per heavy atom. The van der Waals surface area contributed by atoms with Gasteiger partial charge in [0, 0.05) is 26.3 Å². The zero-order valence-corrected chi connectivity index (χ0v) is 16.2. The Kier molecular flexibility index (Phi) is 4.48. The van der Waals surface area contributed by atoms with E-state index in [2.05, 4.69) is 50.4 Å². The van der Waals surface area contributed by atoms with E-state index < -0.39 is 0 Å². The Balaban J connectivity index is 1.89. The molecule has 2 heterocycles. The van der Waals surface area contributed by atoms with E-state index in [1.54, 1.807) is 10.9 Å². The fourth-order valence-corrected chi connectivity index (χ4v) is 2.83. The van der Waals surface area contributed by atoms with Crippen LogP contribution in [-0.2, 0) is 12.1 Å². The highest BCUT2D eigenvalue weighted by atomic mass is 16.1. The Hall–Kier alpha value is -2.83. The van der Waals surface area contributed by atoms with Gasteiger partial charge in [0.05, 0.1) is 11.7 Å². The fourth-order valence-electron chi connectivity index (χ4n) is 2.83. The van der Waals surface area contributed by atoms with E-state index in [-0.39, 0.29) is 11.1 Å². The SMILES string of the molecule is Cc1cc(N(C)C)ccc1CNc1nc2c(cnn2C(C)(C)C)c(=O)[nH]1. The van der Waals surface area contributed by atoms with Crippen LogP contribution >= 0.6 is 0 Å². The minimum absolute atomic E-state index is 0.187. The van der Waals surface area contributed by atoms with Crippen LogP contribution in [0.2, 0.25) is 0 Å². The predicted octanol–water partition coefficient (Wildman–Crippen LogP) is 2.86. The largest absolute Gasteiger partial charge is 0.378 e. The number of aromatic amines is 1. The maximum Gasteiger partial charge on any atom is 0.263 e. The number of nitrogens with one attached hydrogen (secondary N) is 2. The quantitative estimate of drug-likeness (QED) is 0.753. The van der Waals surface area contributed by atoms with Crippen molar-refractivity contribution in [3.8, 4) is 0 Å². The van der Waals surface area contributed by atoms with Crippen molar-refractivity contribution in [1.82, 2.24) is 19.7 Å². The zero-order valence-electron chi connectivity index (χ0n) is 16.2. The number of benzene rings is 1. The van der Waals surface area contributed by atoms with Gasteiger partial charge in [0.15, 0.2) is 5.65 Å². The summed E-state index contributed by atoms with van der Waals surface area (Å²) in [7, 11) is 4.05. The van der Waals surface area contributed by atoms with Gasteiger partial charge in [-0.05, 0) is 51.0 Å².